The van der Waals surface area contributed by atoms with E-state index in [1.165, 1.54) is 11.8 Å². The molecule has 0 aromatic carbocycles. The highest BCUT2D eigenvalue weighted by Gasteiger charge is 2.38. The molecule has 204 valence electrons. The second-order valence-corrected chi connectivity index (χ2v) is 9.41. The van der Waals surface area contributed by atoms with Crippen LogP contribution in [-0.2, 0) is 24.0 Å². The van der Waals surface area contributed by atoms with Crippen LogP contribution in [0, 0.1) is 0 Å². The number of hydrogen-bond acceptors (Lipinski definition) is 8. The second-order valence-electron chi connectivity index (χ2n) is 8.42. The van der Waals surface area contributed by atoms with Crippen molar-refractivity contribution in [3.63, 3.8) is 0 Å². The minimum atomic E-state index is -1.28. The van der Waals surface area contributed by atoms with Crippen molar-refractivity contribution in [3.8, 4) is 0 Å². The van der Waals surface area contributed by atoms with Gasteiger partial charge >= 0.3 is 11.9 Å². The molecule has 14 nitrogen and oxygen atoms in total. The molecule has 0 spiro atoms. The predicted molar refractivity (Wildman–Crippen MR) is 134 cm³/mol. The quantitative estimate of drug-likeness (QED) is 0.0654. The number of carbonyl (C=O) groups excluding carboxylic acids is 3. The predicted octanol–water partition coefficient (Wildman–Crippen LogP) is -1.97. The highest BCUT2D eigenvalue weighted by atomic mass is 32.2. The number of nitrogens with two attached hydrogens (primary N) is 3. The molecule has 1 rings (SSSR count). The Bertz CT molecular complexity index is 822. The molecule has 1 fully saturated rings. The fraction of sp³-hybridized carbons (Fsp3) is 0.714. The Morgan fingerprint density at radius 1 is 1.06 bits per heavy atom. The molecule has 1 aliphatic heterocycles. The summed E-state index contributed by atoms with van der Waals surface area (Å²) in [6.07, 6.45) is 2.75. The minimum Gasteiger partial charge on any atom is -0.481 e. The van der Waals surface area contributed by atoms with Crippen LogP contribution in [0.2, 0.25) is 0 Å². The maximum Gasteiger partial charge on any atom is 0.326 e. The van der Waals surface area contributed by atoms with Crippen LogP contribution in [0.1, 0.15) is 44.9 Å². The zero-order chi connectivity index (χ0) is 27.3. The van der Waals surface area contributed by atoms with E-state index in [0.717, 1.165) is 4.90 Å². The van der Waals surface area contributed by atoms with Crippen LogP contribution in [0.25, 0.3) is 0 Å². The summed E-state index contributed by atoms with van der Waals surface area (Å²) >= 11 is 1.52. The molecular formula is C21H37N7O7S. The third kappa shape index (κ3) is 10.7. The summed E-state index contributed by atoms with van der Waals surface area (Å²) in [6.45, 7) is 0.369. The number of nitrogens with zero attached hydrogens (tertiary/aromatic N) is 2. The normalized spacial score (nSPS) is 17.5. The van der Waals surface area contributed by atoms with Gasteiger partial charge in [0.05, 0.1) is 6.04 Å². The Labute approximate surface area is 213 Å². The zero-order valence-electron chi connectivity index (χ0n) is 20.4. The first-order valence-electron chi connectivity index (χ1n) is 11.6. The summed E-state index contributed by atoms with van der Waals surface area (Å²) < 4.78 is 0. The van der Waals surface area contributed by atoms with E-state index in [0.29, 0.717) is 25.0 Å². The van der Waals surface area contributed by atoms with Crippen LogP contribution >= 0.6 is 11.8 Å². The number of carbonyl (C=O) groups is 5. The molecule has 0 saturated carbocycles. The van der Waals surface area contributed by atoms with E-state index in [1.807, 2.05) is 6.26 Å². The topological polar surface area (TPSA) is 244 Å². The highest BCUT2D eigenvalue weighted by molar-refractivity contribution is 7.98. The first kappa shape index (κ1) is 31.0. The molecule has 10 N–H and O–H groups in total. The third-order valence-corrected chi connectivity index (χ3v) is 6.27. The summed E-state index contributed by atoms with van der Waals surface area (Å²) in [4.78, 5) is 66.5. The first-order valence-corrected chi connectivity index (χ1v) is 13.0. The molecule has 15 heteroatoms. The fourth-order valence-corrected chi connectivity index (χ4v) is 4.20. The fourth-order valence-electron chi connectivity index (χ4n) is 3.71. The molecule has 36 heavy (non-hydrogen) atoms. The SMILES string of the molecule is CSCCC(N)C(=O)NC(CCCN=C(N)N)C(=O)NC(CCC(=O)O)C(=O)N1CCCC1C(=O)O. The molecule has 0 aromatic rings. The van der Waals surface area contributed by atoms with E-state index < -0.39 is 60.2 Å². The van der Waals surface area contributed by atoms with Gasteiger partial charge in [0.25, 0.3) is 0 Å². The van der Waals surface area contributed by atoms with Gasteiger partial charge in [0, 0.05) is 19.5 Å². The van der Waals surface area contributed by atoms with Crippen LogP contribution in [0.4, 0.5) is 0 Å². The molecule has 1 aliphatic rings. The van der Waals surface area contributed by atoms with E-state index in [4.69, 9.17) is 22.3 Å². The molecule has 3 amide bonds. The van der Waals surface area contributed by atoms with Gasteiger partial charge in [-0.15, -0.1) is 0 Å². The number of aliphatic imine (C=N–C) groups is 1. The smallest absolute Gasteiger partial charge is 0.326 e. The van der Waals surface area contributed by atoms with E-state index >= 15 is 0 Å². The van der Waals surface area contributed by atoms with Crippen molar-refractivity contribution in [2.24, 2.45) is 22.2 Å². The average molecular weight is 532 g/mol. The average Bonchev–Trinajstić information content (AvgIpc) is 3.31. The van der Waals surface area contributed by atoms with Gasteiger partial charge in [-0.1, -0.05) is 0 Å². The lowest BCUT2D eigenvalue weighted by molar-refractivity contribution is -0.150. The molecule has 0 aromatic heterocycles. The lowest BCUT2D eigenvalue weighted by atomic mass is 10.1. The van der Waals surface area contributed by atoms with Crippen molar-refractivity contribution in [1.29, 1.82) is 0 Å². The maximum absolute atomic E-state index is 13.1. The Morgan fingerprint density at radius 2 is 1.72 bits per heavy atom. The summed E-state index contributed by atoms with van der Waals surface area (Å²) in [5, 5.41) is 23.6. The lowest BCUT2D eigenvalue weighted by Crippen LogP contribution is -2.57. The van der Waals surface area contributed by atoms with Crippen molar-refractivity contribution in [2.75, 3.05) is 25.1 Å². The molecule has 4 unspecified atom stereocenters. The Morgan fingerprint density at radius 3 is 2.31 bits per heavy atom. The number of aliphatic carboxylic acids is 2. The number of hydrogen-bond donors (Lipinski definition) is 7. The number of carboxylic acids is 2. The molecule has 1 heterocycles. The van der Waals surface area contributed by atoms with Gasteiger partial charge < -0.3 is 42.9 Å². The van der Waals surface area contributed by atoms with Crippen LogP contribution in [0.5, 0.6) is 0 Å². The van der Waals surface area contributed by atoms with Crippen molar-refractivity contribution >= 4 is 47.4 Å². The molecule has 4 atom stereocenters. The number of thioether (sulfide) groups is 1. The van der Waals surface area contributed by atoms with Gasteiger partial charge in [-0.05, 0) is 50.5 Å². The van der Waals surface area contributed by atoms with Crippen molar-refractivity contribution < 1.29 is 34.2 Å². The largest absolute Gasteiger partial charge is 0.481 e. The zero-order valence-corrected chi connectivity index (χ0v) is 21.2. The monoisotopic (exact) mass is 531 g/mol. The highest BCUT2D eigenvalue weighted by Crippen LogP contribution is 2.20. The van der Waals surface area contributed by atoms with Gasteiger partial charge in [-0.3, -0.25) is 24.2 Å². The van der Waals surface area contributed by atoms with Crippen LogP contribution in [-0.4, -0.2) is 100.0 Å². The standard InChI is InChI=1S/C21H37N7O7S/c1-36-11-8-12(22)17(31)26-13(4-2-9-25-21(23)24)18(32)27-14(6-7-16(29)30)19(33)28-10-3-5-15(28)20(34)35/h12-15H,2-11,22H2,1H3,(H,26,31)(H,27,32)(H,29,30)(H,34,35)(H4,23,24,25). The molecule has 0 radical (unpaired) electrons. The van der Waals surface area contributed by atoms with E-state index in [1.54, 1.807) is 0 Å². The van der Waals surface area contributed by atoms with E-state index in [9.17, 15) is 29.1 Å². The number of amides is 3. The summed E-state index contributed by atoms with van der Waals surface area (Å²) in [7, 11) is 0. The van der Waals surface area contributed by atoms with Gasteiger partial charge in [0.2, 0.25) is 17.7 Å². The van der Waals surface area contributed by atoms with Gasteiger partial charge in [-0.2, -0.15) is 11.8 Å². The van der Waals surface area contributed by atoms with Crippen LogP contribution in [0.15, 0.2) is 4.99 Å². The molecule has 1 saturated heterocycles. The van der Waals surface area contributed by atoms with Gasteiger partial charge in [0.1, 0.15) is 18.1 Å². The maximum atomic E-state index is 13.1. The Kier molecular flexibility index (Phi) is 13.6. The van der Waals surface area contributed by atoms with E-state index in [2.05, 4.69) is 15.6 Å². The van der Waals surface area contributed by atoms with Crippen molar-refractivity contribution in [1.82, 2.24) is 15.5 Å². The first-order chi connectivity index (χ1) is 17.0. The molecular weight excluding hydrogens is 494 g/mol. The molecule has 0 bridgehead atoms. The summed E-state index contributed by atoms with van der Waals surface area (Å²) in [6, 6.07) is -4.28. The minimum absolute atomic E-state index is 0.116. The number of carboxylic acid groups (broad SMARTS) is 2. The third-order valence-electron chi connectivity index (χ3n) is 5.63. The number of nitrogens with one attached hydrogen (secondary N) is 2. The number of likely N-dealkylation sites (tertiary alicyclic amines) is 1. The van der Waals surface area contributed by atoms with Gasteiger partial charge in [0.15, 0.2) is 5.96 Å². The molecule has 0 aliphatic carbocycles. The van der Waals surface area contributed by atoms with Crippen LogP contribution < -0.4 is 27.8 Å². The van der Waals surface area contributed by atoms with Crippen molar-refractivity contribution in [3.05, 3.63) is 0 Å². The number of guanidine groups is 1. The second kappa shape index (κ2) is 15.8. The van der Waals surface area contributed by atoms with Gasteiger partial charge in [-0.25, -0.2) is 4.79 Å². The summed E-state index contributed by atoms with van der Waals surface area (Å²) in [5.41, 5.74) is 16.5. The Balaban J connectivity index is 3.03. The summed E-state index contributed by atoms with van der Waals surface area (Å²) in [5.74, 6) is -3.80. The Hall–Kier alpha value is -3.07. The lowest BCUT2D eigenvalue weighted by Gasteiger charge is -2.28. The van der Waals surface area contributed by atoms with Crippen LogP contribution in [0.3, 0.4) is 0 Å². The van der Waals surface area contributed by atoms with Crippen molar-refractivity contribution in [2.45, 2.75) is 69.1 Å². The van der Waals surface area contributed by atoms with E-state index in [-0.39, 0.29) is 38.3 Å². The number of rotatable bonds is 16.